The van der Waals surface area contributed by atoms with Gasteiger partial charge < -0.3 is 10.4 Å². The molecule has 1 fully saturated rings. The van der Waals surface area contributed by atoms with E-state index in [0.29, 0.717) is 0 Å². The fraction of sp³-hybridized carbons (Fsp3) is 0.400. The van der Waals surface area contributed by atoms with Crippen LogP contribution in [0.2, 0.25) is 0 Å². The predicted octanol–water partition coefficient (Wildman–Crippen LogP) is 1.08. The highest BCUT2D eigenvalue weighted by molar-refractivity contribution is 5.21. The van der Waals surface area contributed by atoms with Crippen LogP contribution in [0.1, 0.15) is 18.0 Å². The van der Waals surface area contributed by atoms with Gasteiger partial charge in [-0.15, -0.1) is 0 Å². The number of aliphatic hydroxyl groups excluding tert-OH is 1. The van der Waals surface area contributed by atoms with Crippen LogP contribution in [0.15, 0.2) is 30.3 Å². The highest BCUT2D eigenvalue weighted by atomic mass is 16.3. The molecule has 1 aliphatic heterocycles. The molecule has 2 heteroatoms. The maximum atomic E-state index is 9.58. The summed E-state index contributed by atoms with van der Waals surface area (Å²) >= 11 is 0. The van der Waals surface area contributed by atoms with Gasteiger partial charge in [0.2, 0.25) is 0 Å². The smallest absolute Gasteiger partial charge is 0.0747 e. The highest BCUT2D eigenvalue weighted by Crippen LogP contribution is 2.22. The summed E-state index contributed by atoms with van der Waals surface area (Å²) in [4.78, 5) is 0. The summed E-state index contributed by atoms with van der Waals surface area (Å²) in [5, 5.41) is 12.9. The Morgan fingerprint density at radius 2 is 2.00 bits per heavy atom. The van der Waals surface area contributed by atoms with E-state index in [1.54, 1.807) is 0 Å². The molecule has 2 nitrogen and oxygen atoms in total. The fourth-order valence-electron chi connectivity index (χ4n) is 1.69. The maximum Gasteiger partial charge on any atom is 0.0747 e. The van der Waals surface area contributed by atoms with Gasteiger partial charge in [-0.1, -0.05) is 30.3 Å². The summed E-state index contributed by atoms with van der Waals surface area (Å²) in [7, 11) is 0. The Morgan fingerprint density at radius 1 is 1.25 bits per heavy atom. The van der Waals surface area contributed by atoms with Gasteiger partial charge in [-0.25, -0.2) is 0 Å². The van der Waals surface area contributed by atoms with Crippen molar-refractivity contribution in [3.05, 3.63) is 35.9 Å². The monoisotopic (exact) mass is 163 g/mol. The molecular formula is C10H13NO. The summed E-state index contributed by atoms with van der Waals surface area (Å²) in [6, 6.07) is 10.2. The van der Waals surface area contributed by atoms with E-state index in [0.717, 1.165) is 13.0 Å². The van der Waals surface area contributed by atoms with E-state index in [9.17, 15) is 5.11 Å². The summed E-state index contributed by atoms with van der Waals surface area (Å²) in [6.45, 7) is 0.917. The molecule has 2 N–H and O–H groups in total. The highest BCUT2D eigenvalue weighted by Gasteiger charge is 2.25. The standard InChI is InChI=1S/C10H13NO/c12-9-6-7-11-10(9)8-4-2-1-3-5-8/h1-5,9-12H,6-7H2/t9-,10-/m0/s1. The van der Waals surface area contributed by atoms with Crippen LogP contribution in [0.4, 0.5) is 0 Å². The van der Waals surface area contributed by atoms with E-state index in [1.165, 1.54) is 5.56 Å². The lowest BCUT2D eigenvalue weighted by molar-refractivity contribution is 0.160. The second-order valence-electron chi connectivity index (χ2n) is 3.20. The molecule has 1 aromatic rings. The Hall–Kier alpha value is -0.860. The molecule has 0 amide bonds. The first-order chi connectivity index (χ1) is 5.88. The third kappa shape index (κ3) is 1.36. The molecular weight excluding hydrogens is 150 g/mol. The zero-order chi connectivity index (χ0) is 8.39. The van der Waals surface area contributed by atoms with Crippen molar-refractivity contribution in [2.75, 3.05) is 6.54 Å². The maximum absolute atomic E-state index is 9.58. The molecule has 0 bridgehead atoms. The normalized spacial score (nSPS) is 29.1. The number of nitrogens with one attached hydrogen (secondary N) is 1. The van der Waals surface area contributed by atoms with Crippen LogP contribution in [0.3, 0.4) is 0 Å². The van der Waals surface area contributed by atoms with Crippen molar-refractivity contribution in [1.82, 2.24) is 5.32 Å². The van der Waals surface area contributed by atoms with Gasteiger partial charge >= 0.3 is 0 Å². The average molecular weight is 163 g/mol. The minimum atomic E-state index is -0.215. The van der Waals surface area contributed by atoms with Crippen molar-refractivity contribution in [2.24, 2.45) is 0 Å². The average Bonchev–Trinajstić information content (AvgIpc) is 2.53. The van der Waals surface area contributed by atoms with E-state index in [-0.39, 0.29) is 12.1 Å². The van der Waals surface area contributed by atoms with Crippen LogP contribution in [0.25, 0.3) is 0 Å². The number of hydrogen-bond donors (Lipinski definition) is 2. The zero-order valence-corrected chi connectivity index (χ0v) is 6.90. The predicted molar refractivity (Wildman–Crippen MR) is 47.8 cm³/mol. The van der Waals surface area contributed by atoms with Crippen LogP contribution >= 0.6 is 0 Å². The lowest BCUT2D eigenvalue weighted by Gasteiger charge is -2.14. The van der Waals surface area contributed by atoms with Crippen LogP contribution in [0.5, 0.6) is 0 Å². The van der Waals surface area contributed by atoms with Gasteiger partial charge in [-0.05, 0) is 18.5 Å². The molecule has 1 heterocycles. The second-order valence-corrected chi connectivity index (χ2v) is 3.20. The Kier molecular flexibility index (Phi) is 2.11. The van der Waals surface area contributed by atoms with Crippen molar-refractivity contribution >= 4 is 0 Å². The van der Waals surface area contributed by atoms with Gasteiger partial charge in [0, 0.05) is 0 Å². The van der Waals surface area contributed by atoms with Gasteiger partial charge in [0.15, 0.2) is 0 Å². The Morgan fingerprint density at radius 3 is 2.58 bits per heavy atom. The summed E-state index contributed by atoms with van der Waals surface area (Å²) in [5.41, 5.74) is 1.18. The topological polar surface area (TPSA) is 32.3 Å². The summed E-state index contributed by atoms with van der Waals surface area (Å²) in [5.74, 6) is 0. The number of hydrogen-bond acceptors (Lipinski definition) is 2. The van der Waals surface area contributed by atoms with E-state index in [1.807, 2.05) is 30.3 Å². The van der Waals surface area contributed by atoms with Gasteiger partial charge in [0.25, 0.3) is 0 Å². The first-order valence-electron chi connectivity index (χ1n) is 4.34. The number of benzene rings is 1. The molecule has 1 saturated heterocycles. The third-order valence-electron chi connectivity index (χ3n) is 2.35. The van der Waals surface area contributed by atoms with Crippen molar-refractivity contribution in [3.8, 4) is 0 Å². The lowest BCUT2D eigenvalue weighted by Crippen LogP contribution is -2.20. The minimum absolute atomic E-state index is 0.145. The number of aliphatic hydroxyl groups is 1. The van der Waals surface area contributed by atoms with Gasteiger partial charge in [0.1, 0.15) is 0 Å². The molecule has 1 aliphatic rings. The molecule has 2 atom stereocenters. The second kappa shape index (κ2) is 3.25. The van der Waals surface area contributed by atoms with Crippen molar-refractivity contribution in [2.45, 2.75) is 18.6 Å². The Labute approximate surface area is 72.2 Å². The van der Waals surface area contributed by atoms with Crippen LogP contribution in [-0.4, -0.2) is 17.8 Å². The molecule has 0 saturated carbocycles. The summed E-state index contributed by atoms with van der Waals surface area (Å²) in [6.07, 6.45) is 0.645. The first-order valence-corrected chi connectivity index (χ1v) is 4.34. The molecule has 0 radical (unpaired) electrons. The van der Waals surface area contributed by atoms with Crippen molar-refractivity contribution in [3.63, 3.8) is 0 Å². The van der Waals surface area contributed by atoms with Gasteiger partial charge in [0.05, 0.1) is 12.1 Å². The van der Waals surface area contributed by atoms with E-state index in [2.05, 4.69) is 5.32 Å². The zero-order valence-electron chi connectivity index (χ0n) is 6.90. The van der Waals surface area contributed by atoms with Gasteiger partial charge in [-0.3, -0.25) is 0 Å². The van der Waals surface area contributed by atoms with Crippen molar-refractivity contribution < 1.29 is 5.11 Å². The fourth-order valence-corrected chi connectivity index (χ4v) is 1.69. The van der Waals surface area contributed by atoms with Crippen LogP contribution in [-0.2, 0) is 0 Å². The minimum Gasteiger partial charge on any atom is -0.391 e. The molecule has 2 rings (SSSR count). The molecule has 64 valence electrons. The molecule has 0 spiro atoms. The molecule has 12 heavy (non-hydrogen) atoms. The molecule has 0 unspecified atom stereocenters. The molecule has 0 aliphatic carbocycles. The lowest BCUT2D eigenvalue weighted by atomic mass is 10.0. The van der Waals surface area contributed by atoms with E-state index >= 15 is 0 Å². The van der Waals surface area contributed by atoms with Gasteiger partial charge in [-0.2, -0.15) is 0 Å². The Bertz CT molecular complexity index is 247. The van der Waals surface area contributed by atoms with Crippen LogP contribution in [0, 0.1) is 0 Å². The molecule has 1 aromatic carbocycles. The van der Waals surface area contributed by atoms with E-state index < -0.39 is 0 Å². The quantitative estimate of drug-likeness (QED) is 0.649. The van der Waals surface area contributed by atoms with E-state index in [4.69, 9.17) is 0 Å². The Balaban J connectivity index is 2.19. The van der Waals surface area contributed by atoms with Crippen molar-refractivity contribution in [1.29, 1.82) is 0 Å². The van der Waals surface area contributed by atoms with Crippen LogP contribution < -0.4 is 5.32 Å². The first kappa shape index (κ1) is 7.77. The third-order valence-corrected chi connectivity index (χ3v) is 2.35. The molecule has 0 aromatic heterocycles. The summed E-state index contributed by atoms with van der Waals surface area (Å²) < 4.78 is 0. The largest absolute Gasteiger partial charge is 0.391 e. The number of rotatable bonds is 1. The SMILES string of the molecule is O[C@H]1CCN[C@H]1c1ccccc1.